The molecule has 2 heterocycles. The van der Waals surface area contributed by atoms with Crippen molar-refractivity contribution < 1.29 is 9.15 Å². The van der Waals surface area contributed by atoms with Crippen LogP contribution in [0.15, 0.2) is 95.4 Å². The average molecular weight is 437 g/mol. The Morgan fingerprint density at radius 2 is 1.24 bits per heavy atom. The zero-order valence-electron chi connectivity index (χ0n) is 18.5. The number of ether oxygens (including phenoxy) is 1. The fourth-order valence-electron chi connectivity index (χ4n) is 5.75. The normalized spacial score (nSPS) is 12.3. The monoisotopic (exact) mass is 437 g/mol. The molecule has 2 aromatic heterocycles. The number of methoxy groups -OCH3 is 1. The third-order valence-corrected chi connectivity index (χ3v) is 7.24. The van der Waals surface area contributed by atoms with Gasteiger partial charge in [-0.1, -0.05) is 72.8 Å². The van der Waals surface area contributed by atoms with Gasteiger partial charge in [-0.15, -0.1) is 0 Å². The van der Waals surface area contributed by atoms with E-state index in [2.05, 4.69) is 96.0 Å². The molecule has 0 aliphatic heterocycles. The summed E-state index contributed by atoms with van der Waals surface area (Å²) in [6.07, 6.45) is 0. The smallest absolute Gasteiger partial charge is 0.144 e. The van der Waals surface area contributed by atoms with Crippen LogP contribution in [-0.2, 0) is 0 Å². The number of aromatic amines is 1. The highest BCUT2D eigenvalue weighted by atomic mass is 16.5. The Morgan fingerprint density at radius 1 is 0.588 bits per heavy atom. The molecule has 0 fully saturated rings. The number of fused-ring (bicyclic) bond motifs is 13. The van der Waals surface area contributed by atoms with Crippen LogP contribution in [0, 0.1) is 0 Å². The molecule has 0 amide bonds. The predicted octanol–water partition coefficient (Wildman–Crippen LogP) is 8.69. The Balaban J connectivity index is 1.72. The number of furan rings is 1. The first kappa shape index (κ1) is 18.0. The molecule has 0 atom stereocenters. The molecule has 160 valence electrons. The van der Waals surface area contributed by atoms with Crippen molar-refractivity contribution in [2.24, 2.45) is 0 Å². The van der Waals surface area contributed by atoms with Gasteiger partial charge in [0.05, 0.1) is 18.1 Å². The van der Waals surface area contributed by atoms with Crippen molar-refractivity contribution >= 4 is 76.1 Å². The molecule has 0 aliphatic rings. The van der Waals surface area contributed by atoms with Crippen molar-refractivity contribution in [2.75, 3.05) is 7.11 Å². The molecule has 8 aromatic rings. The van der Waals surface area contributed by atoms with Crippen molar-refractivity contribution in [3.05, 3.63) is 91.0 Å². The predicted molar refractivity (Wildman–Crippen MR) is 142 cm³/mol. The number of aromatic nitrogens is 1. The second-order valence-electron chi connectivity index (χ2n) is 8.97. The fourth-order valence-corrected chi connectivity index (χ4v) is 5.75. The molecule has 8 rings (SSSR count). The van der Waals surface area contributed by atoms with E-state index in [0.717, 1.165) is 65.7 Å². The summed E-state index contributed by atoms with van der Waals surface area (Å²) in [5.74, 6) is 0.878. The molecular weight excluding hydrogens is 418 g/mol. The average Bonchev–Trinajstić information content (AvgIpc) is 3.45. The summed E-state index contributed by atoms with van der Waals surface area (Å²) in [6.45, 7) is 0. The SMILES string of the molecule is COc1cc2c([nH]c3c4ccccc4c4oc5cc6ccccc6cc5c4c23)c2ccccc12. The molecule has 0 aliphatic carbocycles. The van der Waals surface area contributed by atoms with Gasteiger partial charge in [-0.25, -0.2) is 0 Å². The van der Waals surface area contributed by atoms with Gasteiger partial charge in [0.1, 0.15) is 16.9 Å². The van der Waals surface area contributed by atoms with Gasteiger partial charge in [0.15, 0.2) is 0 Å². The highest BCUT2D eigenvalue weighted by Crippen LogP contribution is 2.46. The summed E-state index contributed by atoms with van der Waals surface area (Å²) in [5.41, 5.74) is 4.10. The first-order valence-electron chi connectivity index (χ1n) is 11.5. The van der Waals surface area contributed by atoms with E-state index < -0.39 is 0 Å². The van der Waals surface area contributed by atoms with E-state index in [1.54, 1.807) is 7.11 Å². The maximum atomic E-state index is 6.60. The minimum Gasteiger partial charge on any atom is -0.496 e. The number of hydrogen-bond donors (Lipinski definition) is 1. The second kappa shape index (κ2) is 6.30. The van der Waals surface area contributed by atoms with Gasteiger partial charge < -0.3 is 14.1 Å². The molecule has 0 bridgehead atoms. The van der Waals surface area contributed by atoms with E-state index >= 15 is 0 Å². The van der Waals surface area contributed by atoms with Crippen LogP contribution in [0.3, 0.4) is 0 Å². The quantitative estimate of drug-likeness (QED) is 0.279. The molecule has 34 heavy (non-hydrogen) atoms. The highest BCUT2D eigenvalue weighted by Gasteiger charge is 2.21. The van der Waals surface area contributed by atoms with Crippen LogP contribution in [0.5, 0.6) is 5.75 Å². The van der Waals surface area contributed by atoms with Crippen LogP contribution < -0.4 is 4.74 Å². The summed E-state index contributed by atoms with van der Waals surface area (Å²) in [7, 11) is 1.74. The van der Waals surface area contributed by atoms with Gasteiger partial charge in [0.25, 0.3) is 0 Å². The van der Waals surface area contributed by atoms with Crippen molar-refractivity contribution in [2.45, 2.75) is 0 Å². The molecule has 3 nitrogen and oxygen atoms in total. The first-order chi connectivity index (χ1) is 16.8. The van der Waals surface area contributed by atoms with E-state index in [9.17, 15) is 0 Å². The Kier molecular flexibility index (Phi) is 3.33. The van der Waals surface area contributed by atoms with Crippen LogP contribution in [0.1, 0.15) is 0 Å². The number of nitrogens with one attached hydrogen (secondary N) is 1. The van der Waals surface area contributed by atoms with Gasteiger partial charge in [-0.3, -0.25) is 0 Å². The van der Waals surface area contributed by atoms with E-state index in [0.29, 0.717) is 0 Å². The van der Waals surface area contributed by atoms with Gasteiger partial charge in [-0.2, -0.15) is 0 Å². The Labute approximate surface area is 194 Å². The van der Waals surface area contributed by atoms with Crippen LogP contribution in [0.2, 0.25) is 0 Å². The first-order valence-corrected chi connectivity index (χ1v) is 11.5. The van der Waals surface area contributed by atoms with Crippen LogP contribution in [0.4, 0.5) is 0 Å². The van der Waals surface area contributed by atoms with E-state index in [1.165, 1.54) is 16.2 Å². The molecule has 1 N–H and O–H groups in total. The van der Waals surface area contributed by atoms with Crippen molar-refractivity contribution in [3.8, 4) is 5.75 Å². The van der Waals surface area contributed by atoms with E-state index in [4.69, 9.17) is 9.15 Å². The summed E-state index contributed by atoms with van der Waals surface area (Å²) in [6, 6.07) is 32.0. The van der Waals surface area contributed by atoms with Crippen molar-refractivity contribution in [1.29, 1.82) is 0 Å². The standard InChI is InChI=1S/C31H19NO2/c1-33-25-16-24-27-28-23-14-17-8-2-3-9-18(17)15-26(23)34-31(28)22-13-7-6-12-21(22)30(27)32-29(24)20-11-5-4-10-19(20)25/h2-16,32H,1H3. The lowest BCUT2D eigenvalue weighted by Gasteiger charge is -2.07. The number of hydrogen-bond acceptors (Lipinski definition) is 2. The fraction of sp³-hybridized carbons (Fsp3) is 0.0323. The maximum Gasteiger partial charge on any atom is 0.144 e. The highest BCUT2D eigenvalue weighted by molar-refractivity contribution is 6.37. The van der Waals surface area contributed by atoms with Crippen LogP contribution >= 0.6 is 0 Å². The molecule has 0 unspecified atom stereocenters. The zero-order chi connectivity index (χ0) is 22.4. The Bertz CT molecular complexity index is 2110. The van der Waals surface area contributed by atoms with Crippen LogP contribution in [0.25, 0.3) is 76.1 Å². The molecule has 3 heteroatoms. The van der Waals surface area contributed by atoms with Gasteiger partial charge in [0.2, 0.25) is 0 Å². The molecule has 0 saturated carbocycles. The lowest BCUT2D eigenvalue weighted by atomic mass is 9.97. The third kappa shape index (κ3) is 2.16. The largest absolute Gasteiger partial charge is 0.496 e. The van der Waals surface area contributed by atoms with Gasteiger partial charge in [0, 0.05) is 43.1 Å². The third-order valence-electron chi connectivity index (χ3n) is 7.24. The lowest BCUT2D eigenvalue weighted by Crippen LogP contribution is -1.85. The van der Waals surface area contributed by atoms with Gasteiger partial charge >= 0.3 is 0 Å². The Morgan fingerprint density at radius 3 is 2.00 bits per heavy atom. The Hall–Kier alpha value is -4.50. The van der Waals surface area contributed by atoms with E-state index in [-0.39, 0.29) is 0 Å². The zero-order valence-corrected chi connectivity index (χ0v) is 18.5. The minimum atomic E-state index is 0.878. The minimum absolute atomic E-state index is 0.878. The summed E-state index contributed by atoms with van der Waals surface area (Å²) < 4.78 is 12.4. The molecule has 0 saturated heterocycles. The maximum absolute atomic E-state index is 6.60. The number of rotatable bonds is 1. The second-order valence-corrected chi connectivity index (χ2v) is 8.97. The van der Waals surface area contributed by atoms with Crippen molar-refractivity contribution in [3.63, 3.8) is 0 Å². The summed E-state index contributed by atoms with van der Waals surface area (Å²) >= 11 is 0. The lowest BCUT2D eigenvalue weighted by molar-refractivity contribution is 0.420. The number of benzene rings is 6. The number of H-pyrrole nitrogens is 1. The molecule has 0 spiro atoms. The molecule has 0 radical (unpaired) electrons. The topological polar surface area (TPSA) is 38.2 Å². The van der Waals surface area contributed by atoms with Crippen LogP contribution in [-0.4, -0.2) is 12.1 Å². The summed E-state index contributed by atoms with van der Waals surface area (Å²) in [5, 5.41) is 11.6. The summed E-state index contributed by atoms with van der Waals surface area (Å²) in [4.78, 5) is 3.80. The molecule has 6 aromatic carbocycles. The van der Waals surface area contributed by atoms with Crippen molar-refractivity contribution in [1.82, 2.24) is 4.98 Å². The molecular formula is C31H19NO2. The van der Waals surface area contributed by atoms with Gasteiger partial charge in [-0.05, 0) is 29.0 Å². The van der Waals surface area contributed by atoms with E-state index in [1.807, 2.05) is 0 Å².